The summed E-state index contributed by atoms with van der Waals surface area (Å²) in [5, 5.41) is 16.0. The fraction of sp³-hybridized carbons (Fsp3) is 0.500. The van der Waals surface area contributed by atoms with Gasteiger partial charge in [-0.15, -0.1) is 0 Å². The molecule has 3 saturated heterocycles. The molecule has 45 heavy (non-hydrogen) atoms. The summed E-state index contributed by atoms with van der Waals surface area (Å²) in [5.41, 5.74) is 1.36. The lowest BCUT2D eigenvalue weighted by Gasteiger charge is -2.35. The number of ether oxygens (including phenoxy) is 1. The summed E-state index contributed by atoms with van der Waals surface area (Å²) < 4.78 is 51.1. The van der Waals surface area contributed by atoms with Crippen LogP contribution in [0.4, 0.5) is 19.0 Å². The molecule has 0 bridgehead atoms. The topological polar surface area (TPSA) is 86.6 Å². The molecule has 5 heterocycles. The highest BCUT2D eigenvalue weighted by Crippen LogP contribution is 2.42. The Morgan fingerprint density at radius 3 is 2.80 bits per heavy atom. The molecule has 0 aliphatic carbocycles. The quantitative estimate of drug-likeness (QED) is 0.253. The van der Waals surface area contributed by atoms with E-state index in [0.717, 1.165) is 32.4 Å². The van der Waals surface area contributed by atoms with E-state index >= 15 is 8.78 Å². The van der Waals surface area contributed by atoms with E-state index in [-0.39, 0.29) is 41.5 Å². The molecular weight excluding hydrogens is 581 g/mol. The van der Waals surface area contributed by atoms with E-state index in [4.69, 9.17) is 19.7 Å². The molecule has 3 atom stereocenters. The minimum Gasteiger partial charge on any atom is -0.508 e. The van der Waals surface area contributed by atoms with E-state index in [2.05, 4.69) is 22.0 Å². The minimum absolute atomic E-state index is 0.0280. The van der Waals surface area contributed by atoms with E-state index in [1.807, 2.05) is 6.92 Å². The number of rotatable bonds is 8. The standard InChI is InChI=1S/C34H39F3N6O2/c1-3-22-18-42(11-9-38-22)32-27-16-39-30(25-13-23(44)12-20-6-7-28(37)24(4-2)29(20)25)26(15-35)31(27)40-33(41-32)45-19-34-8-5-10-43(34)17-21(36)14-34/h6-7,12-13,16,21-22,38,44H,3-5,8-11,14-15,17-19H2,1-2H3/t21-,22-,34+/m1/s1. The Morgan fingerprint density at radius 2 is 2.00 bits per heavy atom. The Morgan fingerprint density at radius 1 is 1.13 bits per heavy atom. The first-order valence-electron chi connectivity index (χ1n) is 16.0. The number of benzene rings is 2. The molecule has 7 rings (SSSR count). The van der Waals surface area contributed by atoms with Crippen molar-refractivity contribution in [2.24, 2.45) is 0 Å². The molecule has 8 nitrogen and oxygen atoms in total. The third kappa shape index (κ3) is 5.23. The smallest absolute Gasteiger partial charge is 0.319 e. The van der Waals surface area contributed by atoms with Gasteiger partial charge in [-0.1, -0.05) is 19.9 Å². The van der Waals surface area contributed by atoms with Crippen LogP contribution in [0.5, 0.6) is 11.8 Å². The lowest BCUT2D eigenvalue weighted by molar-refractivity contribution is 0.107. The largest absolute Gasteiger partial charge is 0.508 e. The maximum absolute atomic E-state index is 15.3. The number of nitrogens with zero attached hydrogens (tertiary/aromatic N) is 5. The molecule has 3 fully saturated rings. The van der Waals surface area contributed by atoms with E-state index in [1.165, 1.54) is 12.1 Å². The van der Waals surface area contributed by atoms with Crippen LogP contribution in [0.3, 0.4) is 0 Å². The number of aryl methyl sites for hydroxylation is 1. The summed E-state index contributed by atoms with van der Waals surface area (Å²) in [6.07, 6.45) is 4.33. The normalized spacial score (nSPS) is 23.7. The van der Waals surface area contributed by atoms with Crippen molar-refractivity contribution in [2.75, 3.05) is 44.2 Å². The number of fused-ring (bicyclic) bond motifs is 3. The molecule has 2 aromatic heterocycles. The maximum Gasteiger partial charge on any atom is 0.319 e. The zero-order valence-electron chi connectivity index (χ0n) is 25.8. The van der Waals surface area contributed by atoms with Crippen LogP contribution < -0.4 is 15.0 Å². The number of halogens is 3. The van der Waals surface area contributed by atoms with Gasteiger partial charge in [0.2, 0.25) is 0 Å². The summed E-state index contributed by atoms with van der Waals surface area (Å²) >= 11 is 0. The van der Waals surface area contributed by atoms with Crippen LogP contribution in [-0.4, -0.2) is 82.0 Å². The molecule has 0 amide bonds. The summed E-state index contributed by atoms with van der Waals surface area (Å²) in [4.78, 5) is 18.7. The molecule has 0 radical (unpaired) electrons. The van der Waals surface area contributed by atoms with Crippen LogP contribution in [0.15, 0.2) is 30.5 Å². The third-order valence-electron chi connectivity index (χ3n) is 9.97. The van der Waals surface area contributed by atoms with Crippen LogP contribution >= 0.6 is 0 Å². The summed E-state index contributed by atoms with van der Waals surface area (Å²) in [6, 6.07) is 6.45. The number of pyridine rings is 1. The lowest BCUT2D eigenvalue weighted by Crippen LogP contribution is -2.50. The second-order valence-corrected chi connectivity index (χ2v) is 12.7. The van der Waals surface area contributed by atoms with E-state index in [0.29, 0.717) is 71.1 Å². The Bertz CT molecular complexity index is 1760. The van der Waals surface area contributed by atoms with Gasteiger partial charge in [-0.05, 0) is 66.8 Å². The highest BCUT2D eigenvalue weighted by molar-refractivity contribution is 6.03. The number of nitrogens with one attached hydrogen (secondary N) is 1. The van der Waals surface area contributed by atoms with Gasteiger partial charge in [0.05, 0.1) is 22.1 Å². The van der Waals surface area contributed by atoms with Gasteiger partial charge in [0.15, 0.2) is 0 Å². The first kappa shape index (κ1) is 30.0. The number of aromatic hydroxyl groups is 1. The molecule has 3 aliphatic rings. The van der Waals surface area contributed by atoms with Gasteiger partial charge in [0, 0.05) is 56.0 Å². The fourth-order valence-corrected chi connectivity index (χ4v) is 7.74. The number of alkyl halides is 2. The Labute approximate surface area is 260 Å². The predicted octanol–water partition coefficient (Wildman–Crippen LogP) is 5.87. The minimum atomic E-state index is -0.899. The predicted molar refractivity (Wildman–Crippen MR) is 169 cm³/mol. The van der Waals surface area contributed by atoms with Crippen molar-refractivity contribution in [2.45, 2.75) is 70.4 Å². The number of aromatic nitrogens is 3. The molecule has 4 aromatic rings. The van der Waals surface area contributed by atoms with Crippen LogP contribution in [0.1, 0.15) is 50.7 Å². The molecule has 2 N–H and O–H groups in total. The van der Waals surface area contributed by atoms with E-state index < -0.39 is 18.4 Å². The summed E-state index contributed by atoms with van der Waals surface area (Å²) in [7, 11) is 0. The van der Waals surface area contributed by atoms with Crippen LogP contribution in [0.25, 0.3) is 32.9 Å². The molecule has 3 aliphatic heterocycles. The maximum atomic E-state index is 15.3. The molecule has 238 valence electrons. The molecule has 0 saturated carbocycles. The van der Waals surface area contributed by atoms with Crippen molar-refractivity contribution in [1.82, 2.24) is 25.2 Å². The average molecular weight is 621 g/mol. The van der Waals surface area contributed by atoms with E-state index in [9.17, 15) is 9.50 Å². The number of phenols is 1. The van der Waals surface area contributed by atoms with Gasteiger partial charge in [-0.25, -0.2) is 13.2 Å². The fourth-order valence-electron chi connectivity index (χ4n) is 7.74. The second-order valence-electron chi connectivity index (χ2n) is 12.7. The van der Waals surface area contributed by atoms with Crippen molar-refractivity contribution in [1.29, 1.82) is 0 Å². The Kier molecular flexibility index (Phi) is 7.93. The molecule has 2 aromatic carbocycles. The van der Waals surface area contributed by atoms with Crippen molar-refractivity contribution in [3.8, 4) is 23.0 Å². The van der Waals surface area contributed by atoms with Gasteiger partial charge in [0.1, 0.15) is 36.8 Å². The molecule has 0 spiro atoms. The van der Waals surface area contributed by atoms with Crippen LogP contribution in [-0.2, 0) is 13.1 Å². The van der Waals surface area contributed by atoms with E-state index in [1.54, 1.807) is 18.3 Å². The van der Waals surface area contributed by atoms with Gasteiger partial charge < -0.3 is 20.1 Å². The lowest BCUT2D eigenvalue weighted by atomic mass is 9.93. The van der Waals surface area contributed by atoms with Gasteiger partial charge in [-0.3, -0.25) is 9.88 Å². The van der Waals surface area contributed by atoms with Crippen molar-refractivity contribution < 1.29 is 23.0 Å². The SMILES string of the molecule is CCc1c(F)ccc2cc(O)cc(-c3ncc4c(N5CCN[C@H](CC)C5)nc(OC[C@@]56CCCN5C[C@H](F)C6)nc4c3CF)c12. The third-order valence-corrected chi connectivity index (χ3v) is 9.97. The highest BCUT2D eigenvalue weighted by atomic mass is 19.1. The number of piperazine rings is 1. The zero-order chi connectivity index (χ0) is 31.3. The number of hydrogen-bond acceptors (Lipinski definition) is 8. The summed E-state index contributed by atoms with van der Waals surface area (Å²) in [6.45, 7) is 6.73. The molecular formula is C34H39F3N6O2. The van der Waals surface area contributed by atoms with Crippen molar-refractivity contribution in [3.63, 3.8) is 0 Å². The Hall–Kier alpha value is -3.70. The van der Waals surface area contributed by atoms with Crippen LogP contribution in [0.2, 0.25) is 0 Å². The average Bonchev–Trinajstić information content (AvgIpc) is 3.58. The number of hydrogen-bond donors (Lipinski definition) is 2. The highest BCUT2D eigenvalue weighted by Gasteiger charge is 2.49. The van der Waals surface area contributed by atoms with Crippen molar-refractivity contribution in [3.05, 3.63) is 47.4 Å². The van der Waals surface area contributed by atoms with Gasteiger partial charge >= 0.3 is 6.01 Å². The number of anilines is 1. The zero-order valence-corrected chi connectivity index (χ0v) is 25.8. The van der Waals surface area contributed by atoms with Crippen LogP contribution in [0, 0.1) is 5.82 Å². The number of phenolic OH excluding ortho intramolecular Hbond substituents is 1. The second kappa shape index (κ2) is 11.9. The first-order valence-corrected chi connectivity index (χ1v) is 16.0. The molecule has 11 heteroatoms. The van der Waals surface area contributed by atoms with Crippen molar-refractivity contribution >= 4 is 27.5 Å². The monoisotopic (exact) mass is 620 g/mol. The van der Waals surface area contributed by atoms with Gasteiger partial charge in [-0.2, -0.15) is 9.97 Å². The van der Waals surface area contributed by atoms with Gasteiger partial charge in [0.25, 0.3) is 0 Å². The first-order chi connectivity index (χ1) is 21.8. The molecule has 0 unspecified atom stereocenters. The Balaban J connectivity index is 1.40. The summed E-state index contributed by atoms with van der Waals surface area (Å²) in [5.74, 6) is 0.215.